The molecule has 3 aromatic rings. The van der Waals surface area contributed by atoms with Crippen molar-refractivity contribution in [3.05, 3.63) is 89.2 Å². The van der Waals surface area contributed by atoms with Gasteiger partial charge >= 0.3 is 0 Å². The first kappa shape index (κ1) is 17.4. The van der Waals surface area contributed by atoms with Crippen molar-refractivity contribution >= 4 is 23.2 Å². The monoisotopic (exact) mass is 345 g/mol. The van der Waals surface area contributed by atoms with Gasteiger partial charge in [0.25, 0.3) is 11.8 Å². The number of rotatable bonds is 4. The van der Waals surface area contributed by atoms with Gasteiger partial charge in [0.15, 0.2) is 0 Å². The second-order valence-electron chi connectivity index (χ2n) is 6.11. The van der Waals surface area contributed by atoms with E-state index in [1.54, 1.807) is 12.1 Å². The van der Waals surface area contributed by atoms with Crippen molar-refractivity contribution in [1.29, 1.82) is 0 Å². The van der Waals surface area contributed by atoms with Crippen molar-refractivity contribution in [3.8, 4) is 0 Å². The average molecular weight is 345 g/mol. The smallest absolute Gasteiger partial charge is 0.257 e. The summed E-state index contributed by atoms with van der Waals surface area (Å²) in [7, 11) is 0. The molecule has 0 saturated heterocycles. The number of para-hydroxylation sites is 1. The van der Waals surface area contributed by atoms with Gasteiger partial charge in [-0.05, 0) is 55.3 Å². The molecule has 0 unspecified atom stereocenters. The lowest BCUT2D eigenvalue weighted by atomic mass is 10.1. The molecule has 0 saturated carbocycles. The molecule has 0 atom stereocenters. The van der Waals surface area contributed by atoms with Gasteiger partial charge in [0, 0.05) is 23.8 Å². The van der Waals surface area contributed by atoms with Gasteiger partial charge < -0.3 is 10.6 Å². The van der Waals surface area contributed by atoms with E-state index in [1.165, 1.54) is 18.5 Å². The number of aryl methyl sites for hydroxylation is 2. The number of amides is 2. The second kappa shape index (κ2) is 7.61. The first-order valence-corrected chi connectivity index (χ1v) is 8.22. The fourth-order valence-corrected chi connectivity index (χ4v) is 2.66. The molecule has 2 amide bonds. The predicted octanol–water partition coefficient (Wildman–Crippen LogP) is 4.20. The zero-order chi connectivity index (χ0) is 18.5. The largest absolute Gasteiger partial charge is 0.322 e. The third-order valence-corrected chi connectivity index (χ3v) is 3.77. The number of carbonyl (C=O) groups is 2. The molecule has 0 aliphatic carbocycles. The Morgan fingerprint density at radius 2 is 1.27 bits per heavy atom. The molecule has 1 heterocycles. The summed E-state index contributed by atoms with van der Waals surface area (Å²) in [5.74, 6) is -0.624. The zero-order valence-electron chi connectivity index (χ0n) is 14.6. The van der Waals surface area contributed by atoms with Gasteiger partial charge in [-0.15, -0.1) is 0 Å². The molecule has 26 heavy (non-hydrogen) atoms. The molecule has 0 fully saturated rings. The Balaban J connectivity index is 1.75. The van der Waals surface area contributed by atoms with Gasteiger partial charge in [0.1, 0.15) is 0 Å². The quantitative estimate of drug-likeness (QED) is 0.744. The third-order valence-electron chi connectivity index (χ3n) is 3.77. The van der Waals surface area contributed by atoms with Gasteiger partial charge in [0.05, 0.1) is 11.1 Å². The molecule has 2 N–H and O–H groups in total. The highest BCUT2D eigenvalue weighted by Gasteiger charge is 2.12. The molecule has 0 aliphatic heterocycles. The van der Waals surface area contributed by atoms with E-state index in [1.807, 2.05) is 50.2 Å². The lowest BCUT2D eigenvalue weighted by molar-refractivity contribution is 0.102. The third kappa shape index (κ3) is 4.33. The van der Waals surface area contributed by atoms with Gasteiger partial charge in [-0.2, -0.15) is 0 Å². The van der Waals surface area contributed by atoms with Crippen LogP contribution in [0.2, 0.25) is 0 Å². The maximum absolute atomic E-state index is 12.5. The Morgan fingerprint density at radius 3 is 1.85 bits per heavy atom. The van der Waals surface area contributed by atoms with Crippen LogP contribution in [0.5, 0.6) is 0 Å². The number of carbonyl (C=O) groups excluding carboxylic acids is 2. The van der Waals surface area contributed by atoms with Crippen molar-refractivity contribution in [3.63, 3.8) is 0 Å². The van der Waals surface area contributed by atoms with Crippen LogP contribution in [0.15, 0.2) is 67.0 Å². The molecule has 0 spiro atoms. The Bertz CT molecular complexity index is 932. The summed E-state index contributed by atoms with van der Waals surface area (Å²) >= 11 is 0. The molecule has 0 aliphatic rings. The van der Waals surface area contributed by atoms with Crippen molar-refractivity contribution in [2.45, 2.75) is 13.8 Å². The maximum Gasteiger partial charge on any atom is 0.257 e. The fourth-order valence-electron chi connectivity index (χ4n) is 2.66. The number of hydrogen-bond acceptors (Lipinski definition) is 3. The number of nitrogens with one attached hydrogen (secondary N) is 2. The van der Waals surface area contributed by atoms with E-state index in [-0.39, 0.29) is 11.8 Å². The summed E-state index contributed by atoms with van der Waals surface area (Å²) in [4.78, 5) is 28.9. The lowest BCUT2D eigenvalue weighted by Crippen LogP contribution is -2.16. The summed E-state index contributed by atoms with van der Waals surface area (Å²) in [5, 5.41) is 5.62. The molecule has 130 valence electrons. The van der Waals surface area contributed by atoms with Crippen LogP contribution < -0.4 is 10.6 Å². The Labute approximate surface area is 152 Å². The van der Waals surface area contributed by atoms with Gasteiger partial charge in [-0.25, -0.2) is 0 Å². The Hall–Kier alpha value is -3.47. The fraction of sp³-hybridized carbons (Fsp3) is 0.0952. The van der Waals surface area contributed by atoms with E-state index in [0.29, 0.717) is 22.5 Å². The van der Waals surface area contributed by atoms with Crippen LogP contribution in [0, 0.1) is 13.8 Å². The molecular weight excluding hydrogens is 326 g/mol. The minimum Gasteiger partial charge on any atom is -0.322 e. The van der Waals surface area contributed by atoms with E-state index in [9.17, 15) is 9.59 Å². The Morgan fingerprint density at radius 1 is 0.731 bits per heavy atom. The number of hydrogen-bond donors (Lipinski definition) is 2. The van der Waals surface area contributed by atoms with Crippen LogP contribution in [-0.4, -0.2) is 16.8 Å². The van der Waals surface area contributed by atoms with Gasteiger partial charge in [-0.3, -0.25) is 14.6 Å². The van der Waals surface area contributed by atoms with E-state index in [2.05, 4.69) is 15.6 Å². The van der Waals surface area contributed by atoms with Gasteiger partial charge in [0.2, 0.25) is 0 Å². The standard InChI is InChI=1S/C21H19N3O2/c1-14-8-15(2)10-19(9-14)24-21(26)17-11-16(12-22-13-17)20(25)23-18-6-4-3-5-7-18/h3-13H,1-2H3,(H,23,25)(H,24,26). The molecule has 2 aromatic carbocycles. The van der Waals surface area contributed by atoms with Crippen LogP contribution >= 0.6 is 0 Å². The lowest BCUT2D eigenvalue weighted by Gasteiger charge is -2.09. The average Bonchev–Trinajstić information content (AvgIpc) is 2.62. The van der Waals surface area contributed by atoms with Crippen LogP contribution in [0.25, 0.3) is 0 Å². The summed E-state index contributed by atoms with van der Waals surface area (Å²) < 4.78 is 0. The number of anilines is 2. The van der Waals surface area contributed by atoms with Crippen LogP contribution in [-0.2, 0) is 0 Å². The predicted molar refractivity (Wildman–Crippen MR) is 103 cm³/mol. The molecule has 3 rings (SSSR count). The minimum absolute atomic E-state index is 0.308. The summed E-state index contributed by atoms with van der Waals surface area (Å²) in [6, 6.07) is 16.5. The maximum atomic E-state index is 12.5. The van der Waals surface area contributed by atoms with Crippen LogP contribution in [0.1, 0.15) is 31.8 Å². The van der Waals surface area contributed by atoms with E-state index < -0.39 is 0 Å². The van der Waals surface area contributed by atoms with E-state index >= 15 is 0 Å². The molecule has 0 bridgehead atoms. The van der Waals surface area contributed by atoms with E-state index in [4.69, 9.17) is 0 Å². The Kier molecular flexibility index (Phi) is 5.08. The molecule has 1 aromatic heterocycles. The van der Waals surface area contributed by atoms with Crippen LogP contribution in [0.3, 0.4) is 0 Å². The number of benzene rings is 2. The van der Waals surface area contributed by atoms with Crippen molar-refractivity contribution < 1.29 is 9.59 Å². The van der Waals surface area contributed by atoms with Crippen molar-refractivity contribution in [2.24, 2.45) is 0 Å². The summed E-state index contributed by atoms with van der Waals surface area (Å²) in [6.45, 7) is 3.94. The highest BCUT2D eigenvalue weighted by atomic mass is 16.2. The minimum atomic E-state index is -0.315. The van der Waals surface area contributed by atoms with Gasteiger partial charge in [-0.1, -0.05) is 24.3 Å². The second-order valence-corrected chi connectivity index (χ2v) is 6.11. The molecule has 5 nitrogen and oxygen atoms in total. The normalized spacial score (nSPS) is 10.2. The number of nitrogens with zero attached hydrogens (tertiary/aromatic N) is 1. The first-order valence-electron chi connectivity index (χ1n) is 8.22. The molecule has 0 radical (unpaired) electrons. The van der Waals surface area contributed by atoms with Crippen LogP contribution in [0.4, 0.5) is 11.4 Å². The molecule has 5 heteroatoms. The number of pyridine rings is 1. The molecular formula is C21H19N3O2. The zero-order valence-corrected chi connectivity index (χ0v) is 14.6. The highest BCUT2D eigenvalue weighted by Crippen LogP contribution is 2.15. The number of aromatic nitrogens is 1. The van der Waals surface area contributed by atoms with E-state index in [0.717, 1.165) is 11.1 Å². The first-order chi connectivity index (χ1) is 12.5. The summed E-state index contributed by atoms with van der Waals surface area (Å²) in [6.07, 6.45) is 2.88. The van der Waals surface area contributed by atoms with Crippen molar-refractivity contribution in [1.82, 2.24) is 4.98 Å². The highest BCUT2D eigenvalue weighted by molar-refractivity contribution is 6.08. The topological polar surface area (TPSA) is 71.1 Å². The summed E-state index contributed by atoms with van der Waals surface area (Å²) in [5.41, 5.74) is 4.17. The SMILES string of the molecule is Cc1cc(C)cc(NC(=O)c2cncc(C(=O)Nc3ccccc3)c2)c1. The van der Waals surface area contributed by atoms with Crippen molar-refractivity contribution in [2.75, 3.05) is 10.6 Å².